The predicted molar refractivity (Wildman–Crippen MR) is 123 cm³/mol. The first-order chi connectivity index (χ1) is 14.9. The van der Waals surface area contributed by atoms with Crippen molar-refractivity contribution in [1.82, 2.24) is 9.62 Å². The Morgan fingerprint density at radius 1 is 1.03 bits per heavy atom. The van der Waals surface area contributed by atoms with Gasteiger partial charge in [-0.05, 0) is 59.7 Å². The van der Waals surface area contributed by atoms with Gasteiger partial charge in [0.15, 0.2) is 0 Å². The number of sulfonamides is 1. The van der Waals surface area contributed by atoms with E-state index in [1.54, 1.807) is 12.1 Å². The molecule has 3 aromatic rings. The quantitative estimate of drug-likeness (QED) is 0.640. The highest BCUT2D eigenvalue weighted by atomic mass is 32.2. The van der Waals surface area contributed by atoms with E-state index in [-0.39, 0.29) is 10.8 Å². The summed E-state index contributed by atoms with van der Waals surface area (Å²) < 4.78 is 27.7. The van der Waals surface area contributed by atoms with Gasteiger partial charge in [-0.25, -0.2) is 8.42 Å². The van der Waals surface area contributed by atoms with Crippen molar-refractivity contribution in [2.75, 3.05) is 13.1 Å². The number of nitrogens with one attached hydrogen (secondary N) is 1. The summed E-state index contributed by atoms with van der Waals surface area (Å²) in [5.74, 6) is 0.273. The molecule has 1 aliphatic heterocycles. The van der Waals surface area contributed by atoms with E-state index < -0.39 is 10.0 Å². The Kier molecular flexibility index (Phi) is 6.12. The smallest absolute Gasteiger partial charge is 0.251 e. The number of nitrogens with zero attached hydrogens (tertiary/aromatic N) is 1. The molecule has 0 unspecified atom stereocenters. The number of hydrogen-bond donors (Lipinski definition) is 1. The van der Waals surface area contributed by atoms with Crippen LogP contribution in [0.4, 0.5) is 0 Å². The van der Waals surface area contributed by atoms with Crippen molar-refractivity contribution in [2.45, 2.75) is 38.1 Å². The van der Waals surface area contributed by atoms with Crippen LogP contribution in [0.2, 0.25) is 0 Å². The van der Waals surface area contributed by atoms with Crippen molar-refractivity contribution in [2.24, 2.45) is 5.92 Å². The monoisotopic (exact) mass is 436 g/mol. The lowest BCUT2D eigenvalue weighted by Gasteiger charge is -2.29. The Bertz CT molecular complexity index is 1210. The highest BCUT2D eigenvalue weighted by Crippen LogP contribution is 2.25. The molecule has 4 rings (SSSR count). The zero-order chi connectivity index (χ0) is 22.0. The fraction of sp³-hybridized carbons (Fsp3) is 0.320. The second-order valence-electron chi connectivity index (χ2n) is 8.38. The van der Waals surface area contributed by atoms with Crippen LogP contribution in [-0.2, 0) is 16.6 Å². The molecule has 0 atom stereocenters. The first kappa shape index (κ1) is 21.5. The van der Waals surface area contributed by atoms with Gasteiger partial charge in [0.05, 0.1) is 4.90 Å². The van der Waals surface area contributed by atoms with Gasteiger partial charge < -0.3 is 5.32 Å². The van der Waals surface area contributed by atoms with Crippen molar-refractivity contribution in [1.29, 1.82) is 0 Å². The molecule has 1 aliphatic rings. The lowest BCUT2D eigenvalue weighted by molar-refractivity contribution is 0.0950. The fourth-order valence-electron chi connectivity index (χ4n) is 4.10. The molecule has 6 heteroatoms. The molecule has 1 fully saturated rings. The number of hydrogen-bond acceptors (Lipinski definition) is 3. The van der Waals surface area contributed by atoms with Gasteiger partial charge in [0.1, 0.15) is 0 Å². The maximum Gasteiger partial charge on any atom is 0.251 e. The number of fused-ring (bicyclic) bond motifs is 1. The van der Waals surface area contributed by atoms with E-state index in [0.29, 0.717) is 31.1 Å². The average Bonchev–Trinajstić information content (AvgIpc) is 2.78. The summed E-state index contributed by atoms with van der Waals surface area (Å²) in [5, 5.41) is 5.18. The van der Waals surface area contributed by atoms with Crippen molar-refractivity contribution in [3.63, 3.8) is 0 Å². The van der Waals surface area contributed by atoms with Crippen LogP contribution in [0.15, 0.2) is 65.6 Å². The molecule has 31 heavy (non-hydrogen) atoms. The first-order valence-corrected chi connectivity index (χ1v) is 12.2. The predicted octanol–water partition coefficient (Wildman–Crippen LogP) is 4.50. The molecule has 3 aromatic carbocycles. The fourth-order valence-corrected chi connectivity index (χ4v) is 5.59. The Labute approximate surface area is 184 Å². The third kappa shape index (κ3) is 4.50. The van der Waals surface area contributed by atoms with E-state index in [2.05, 4.69) is 12.2 Å². The van der Waals surface area contributed by atoms with Gasteiger partial charge in [-0.2, -0.15) is 4.31 Å². The summed E-state index contributed by atoms with van der Waals surface area (Å²) >= 11 is 0. The molecule has 0 aromatic heterocycles. The van der Waals surface area contributed by atoms with Crippen LogP contribution in [0.25, 0.3) is 10.8 Å². The number of amides is 1. The highest BCUT2D eigenvalue weighted by Gasteiger charge is 2.28. The van der Waals surface area contributed by atoms with Crippen molar-refractivity contribution in [3.8, 4) is 0 Å². The molecule has 1 heterocycles. The molecular weight excluding hydrogens is 408 g/mol. The van der Waals surface area contributed by atoms with Gasteiger partial charge in [-0.3, -0.25) is 4.79 Å². The van der Waals surface area contributed by atoms with Crippen LogP contribution in [0.3, 0.4) is 0 Å². The summed E-state index contributed by atoms with van der Waals surface area (Å²) in [4.78, 5) is 13.1. The van der Waals surface area contributed by atoms with E-state index in [9.17, 15) is 13.2 Å². The van der Waals surface area contributed by atoms with Crippen LogP contribution in [0, 0.1) is 12.8 Å². The van der Waals surface area contributed by atoms with Crippen LogP contribution in [0.1, 0.15) is 41.3 Å². The largest absolute Gasteiger partial charge is 0.348 e. The van der Waals surface area contributed by atoms with E-state index in [0.717, 1.165) is 34.7 Å². The van der Waals surface area contributed by atoms with Crippen LogP contribution in [-0.4, -0.2) is 31.7 Å². The number of benzene rings is 3. The third-order valence-electron chi connectivity index (χ3n) is 6.15. The van der Waals surface area contributed by atoms with Crippen molar-refractivity contribution < 1.29 is 13.2 Å². The minimum Gasteiger partial charge on any atom is -0.348 e. The second-order valence-corrected chi connectivity index (χ2v) is 10.3. The summed E-state index contributed by atoms with van der Waals surface area (Å²) in [6.45, 7) is 5.40. The van der Waals surface area contributed by atoms with Crippen LogP contribution < -0.4 is 5.32 Å². The molecule has 0 bridgehead atoms. The Balaban J connectivity index is 1.54. The standard InChI is InChI=1S/C25H28N2O3S/c1-18-12-14-27(15-13-18)31(29,30)22-11-10-19(2)24(16-22)25(28)26-17-21-8-5-7-20-6-3-4-9-23(20)21/h3-11,16,18H,12-15,17H2,1-2H3,(H,26,28). The second kappa shape index (κ2) is 8.81. The molecule has 1 amide bonds. The zero-order valence-electron chi connectivity index (χ0n) is 18.0. The average molecular weight is 437 g/mol. The SMILES string of the molecule is Cc1ccc(S(=O)(=O)N2CCC(C)CC2)cc1C(=O)NCc1cccc2ccccc12. The van der Waals surface area contributed by atoms with E-state index in [4.69, 9.17) is 0 Å². The molecule has 1 saturated heterocycles. The minimum atomic E-state index is -3.60. The molecule has 0 spiro atoms. The maximum absolute atomic E-state index is 13.1. The molecule has 5 nitrogen and oxygen atoms in total. The van der Waals surface area contributed by atoms with E-state index in [1.807, 2.05) is 49.4 Å². The van der Waals surface area contributed by atoms with E-state index in [1.165, 1.54) is 10.4 Å². The third-order valence-corrected chi connectivity index (χ3v) is 8.05. The number of rotatable bonds is 5. The van der Waals surface area contributed by atoms with Crippen molar-refractivity contribution >= 4 is 26.7 Å². The summed E-state index contributed by atoms with van der Waals surface area (Å²) in [5.41, 5.74) is 2.17. The van der Waals surface area contributed by atoms with Crippen LogP contribution >= 0.6 is 0 Å². The number of carbonyl (C=O) groups excluding carboxylic acids is 1. The maximum atomic E-state index is 13.1. The molecular formula is C25H28N2O3S. The number of aryl methyl sites for hydroxylation is 1. The van der Waals surface area contributed by atoms with E-state index >= 15 is 0 Å². The molecule has 0 saturated carbocycles. The Morgan fingerprint density at radius 3 is 2.52 bits per heavy atom. The summed E-state index contributed by atoms with van der Waals surface area (Å²) in [6.07, 6.45) is 1.73. The normalized spacial score (nSPS) is 15.8. The first-order valence-electron chi connectivity index (χ1n) is 10.7. The number of carbonyl (C=O) groups is 1. The highest BCUT2D eigenvalue weighted by molar-refractivity contribution is 7.89. The lowest BCUT2D eigenvalue weighted by atomic mass is 10.0. The zero-order valence-corrected chi connectivity index (χ0v) is 18.8. The van der Waals surface area contributed by atoms with Gasteiger partial charge in [0, 0.05) is 25.2 Å². The Morgan fingerprint density at radius 2 is 1.74 bits per heavy atom. The lowest BCUT2D eigenvalue weighted by Crippen LogP contribution is -2.38. The molecule has 0 aliphatic carbocycles. The number of piperidine rings is 1. The molecule has 0 radical (unpaired) electrons. The van der Waals surface area contributed by atoms with Gasteiger partial charge in [-0.1, -0.05) is 55.5 Å². The Hall–Kier alpha value is -2.70. The van der Waals surface area contributed by atoms with Gasteiger partial charge in [0.25, 0.3) is 5.91 Å². The van der Waals surface area contributed by atoms with Gasteiger partial charge in [0.2, 0.25) is 10.0 Å². The summed E-state index contributed by atoms with van der Waals surface area (Å²) in [7, 11) is -3.60. The van der Waals surface area contributed by atoms with Crippen molar-refractivity contribution in [3.05, 3.63) is 77.4 Å². The van der Waals surface area contributed by atoms with Crippen LogP contribution in [0.5, 0.6) is 0 Å². The van der Waals surface area contributed by atoms with Gasteiger partial charge in [-0.15, -0.1) is 0 Å². The molecule has 162 valence electrons. The van der Waals surface area contributed by atoms with Gasteiger partial charge >= 0.3 is 0 Å². The minimum absolute atomic E-state index is 0.183. The topological polar surface area (TPSA) is 66.5 Å². The molecule has 1 N–H and O–H groups in total. The summed E-state index contributed by atoms with van der Waals surface area (Å²) in [6, 6.07) is 18.9.